The molecule has 0 aliphatic heterocycles. The minimum Gasteiger partial charge on any atom is -0.378 e. The van der Waals surface area contributed by atoms with Crippen LogP contribution in [0.3, 0.4) is 0 Å². The van der Waals surface area contributed by atoms with Crippen molar-refractivity contribution >= 4 is 29.9 Å². The molecule has 0 aromatic heterocycles. The van der Waals surface area contributed by atoms with Crippen LogP contribution in [0, 0.1) is 0 Å². The minimum atomic E-state index is 0. The fourth-order valence-corrected chi connectivity index (χ4v) is 3.32. The number of nitrogens with one attached hydrogen (secondary N) is 2. The van der Waals surface area contributed by atoms with Crippen molar-refractivity contribution in [3.05, 3.63) is 0 Å². The molecule has 2 N–H and O–H groups in total. The topological polar surface area (TPSA) is 45.7 Å². The molecule has 2 fully saturated rings. The number of hydrogen-bond acceptors (Lipinski definition) is 2. The number of guanidine groups is 1. The summed E-state index contributed by atoms with van der Waals surface area (Å²) in [7, 11) is 0. The molecular weight excluding hydrogens is 389 g/mol. The van der Waals surface area contributed by atoms with Crippen LogP contribution >= 0.6 is 24.0 Å². The Hall–Kier alpha value is -0.0400. The van der Waals surface area contributed by atoms with Crippen LogP contribution in [0.5, 0.6) is 0 Å². The van der Waals surface area contributed by atoms with Gasteiger partial charge in [-0.25, -0.2) is 0 Å². The molecule has 0 atom stereocenters. The molecule has 0 bridgehead atoms. The third-order valence-electron chi connectivity index (χ3n) is 4.52. The van der Waals surface area contributed by atoms with E-state index >= 15 is 0 Å². The predicted molar refractivity (Wildman–Crippen MR) is 104 cm³/mol. The molecule has 0 spiro atoms. The Balaban J connectivity index is 0.00000242. The summed E-state index contributed by atoms with van der Waals surface area (Å²) in [6.07, 6.45) is 13.4. The molecule has 0 aromatic rings. The fourth-order valence-electron chi connectivity index (χ4n) is 3.32. The summed E-state index contributed by atoms with van der Waals surface area (Å²) < 4.78 is 5.95. The molecule has 2 aliphatic carbocycles. The van der Waals surface area contributed by atoms with E-state index in [4.69, 9.17) is 4.74 Å². The van der Waals surface area contributed by atoms with Crippen LogP contribution in [0.15, 0.2) is 4.99 Å². The van der Waals surface area contributed by atoms with E-state index in [1.807, 2.05) is 0 Å². The lowest BCUT2D eigenvalue weighted by molar-refractivity contribution is 0.0281. The van der Waals surface area contributed by atoms with Gasteiger partial charge in [-0.2, -0.15) is 0 Å². The first-order valence-electron chi connectivity index (χ1n) is 9.05. The van der Waals surface area contributed by atoms with Crippen molar-refractivity contribution in [2.24, 2.45) is 4.99 Å². The van der Waals surface area contributed by atoms with Gasteiger partial charge in [0.2, 0.25) is 0 Å². The Morgan fingerprint density at radius 2 is 1.73 bits per heavy atom. The first-order chi connectivity index (χ1) is 10.4. The number of nitrogens with zero attached hydrogens (tertiary/aromatic N) is 1. The number of hydrogen-bond donors (Lipinski definition) is 2. The van der Waals surface area contributed by atoms with Crippen LogP contribution in [0.1, 0.15) is 71.1 Å². The molecular formula is C17H34IN3O. The standard InChI is InChI=1S/C17H33N3O.HI/c1-2-18-17(20-15-9-6-7-10-15)19-13-8-14-21-16-11-4-3-5-12-16;/h15-16H,2-14H2,1H3,(H2,18,19,20);1H. The zero-order valence-electron chi connectivity index (χ0n) is 14.1. The zero-order valence-corrected chi connectivity index (χ0v) is 16.4. The van der Waals surface area contributed by atoms with Crippen LogP contribution in [-0.2, 0) is 4.74 Å². The van der Waals surface area contributed by atoms with Gasteiger partial charge in [0.25, 0.3) is 0 Å². The number of halogens is 1. The lowest BCUT2D eigenvalue weighted by Gasteiger charge is -2.21. The Morgan fingerprint density at radius 3 is 2.41 bits per heavy atom. The second kappa shape index (κ2) is 12.4. The van der Waals surface area contributed by atoms with Gasteiger partial charge in [-0.1, -0.05) is 32.1 Å². The fraction of sp³-hybridized carbons (Fsp3) is 0.941. The Bertz CT molecular complexity index is 300. The third-order valence-corrected chi connectivity index (χ3v) is 4.52. The van der Waals surface area contributed by atoms with Crippen molar-refractivity contribution in [3.63, 3.8) is 0 Å². The highest BCUT2D eigenvalue weighted by Gasteiger charge is 2.16. The van der Waals surface area contributed by atoms with Gasteiger partial charge in [-0.3, -0.25) is 4.99 Å². The summed E-state index contributed by atoms with van der Waals surface area (Å²) in [6.45, 7) is 4.76. The number of aliphatic imine (C=N–C) groups is 1. The van der Waals surface area contributed by atoms with Gasteiger partial charge in [0.15, 0.2) is 5.96 Å². The maximum atomic E-state index is 5.95. The normalized spacial score (nSPS) is 20.7. The summed E-state index contributed by atoms with van der Waals surface area (Å²) in [5.41, 5.74) is 0. The average molecular weight is 423 g/mol. The molecule has 0 radical (unpaired) electrons. The molecule has 2 saturated carbocycles. The second-order valence-electron chi connectivity index (χ2n) is 6.37. The van der Waals surface area contributed by atoms with Crippen LogP contribution in [0.2, 0.25) is 0 Å². The largest absolute Gasteiger partial charge is 0.378 e. The van der Waals surface area contributed by atoms with Gasteiger partial charge >= 0.3 is 0 Å². The highest BCUT2D eigenvalue weighted by Crippen LogP contribution is 2.20. The number of rotatable bonds is 7. The van der Waals surface area contributed by atoms with Gasteiger partial charge in [-0.15, -0.1) is 24.0 Å². The monoisotopic (exact) mass is 423 g/mol. The van der Waals surface area contributed by atoms with E-state index < -0.39 is 0 Å². The van der Waals surface area contributed by atoms with Crippen molar-refractivity contribution in [1.29, 1.82) is 0 Å². The van der Waals surface area contributed by atoms with Gasteiger partial charge in [0.05, 0.1) is 6.10 Å². The molecule has 0 aromatic carbocycles. The molecule has 130 valence electrons. The highest BCUT2D eigenvalue weighted by atomic mass is 127. The summed E-state index contributed by atoms with van der Waals surface area (Å²) in [4.78, 5) is 4.67. The second-order valence-corrected chi connectivity index (χ2v) is 6.37. The van der Waals surface area contributed by atoms with Crippen molar-refractivity contribution in [1.82, 2.24) is 10.6 Å². The maximum absolute atomic E-state index is 5.95. The van der Waals surface area contributed by atoms with Crippen molar-refractivity contribution in [3.8, 4) is 0 Å². The minimum absolute atomic E-state index is 0. The Morgan fingerprint density at radius 1 is 1.05 bits per heavy atom. The smallest absolute Gasteiger partial charge is 0.191 e. The molecule has 0 unspecified atom stereocenters. The molecule has 0 heterocycles. The summed E-state index contributed by atoms with van der Waals surface area (Å²) in [6, 6.07) is 0.626. The van der Waals surface area contributed by atoms with Gasteiger partial charge in [0, 0.05) is 25.7 Å². The van der Waals surface area contributed by atoms with E-state index in [1.165, 1.54) is 57.8 Å². The van der Waals surface area contributed by atoms with E-state index in [0.717, 1.165) is 32.1 Å². The average Bonchev–Trinajstić information content (AvgIpc) is 3.01. The van der Waals surface area contributed by atoms with Crippen molar-refractivity contribution in [2.45, 2.75) is 83.3 Å². The Kier molecular flexibility index (Phi) is 11.3. The van der Waals surface area contributed by atoms with Crippen molar-refractivity contribution < 1.29 is 4.74 Å². The van der Waals surface area contributed by atoms with E-state index in [-0.39, 0.29) is 24.0 Å². The SMILES string of the molecule is CCNC(=NCCCOC1CCCCC1)NC1CCCC1.I. The summed E-state index contributed by atoms with van der Waals surface area (Å²) in [5, 5.41) is 6.90. The zero-order chi connectivity index (χ0) is 14.8. The van der Waals surface area contributed by atoms with Gasteiger partial charge < -0.3 is 15.4 Å². The predicted octanol–water partition coefficient (Wildman–Crippen LogP) is 3.84. The van der Waals surface area contributed by atoms with E-state index in [9.17, 15) is 0 Å². The van der Waals surface area contributed by atoms with Gasteiger partial charge in [-0.05, 0) is 39.0 Å². The molecule has 4 nitrogen and oxygen atoms in total. The summed E-state index contributed by atoms with van der Waals surface area (Å²) >= 11 is 0. The van der Waals surface area contributed by atoms with Gasteiger partial charge in [0.1, 0.15) is 0 Å². The first-order valence-corrected chi connectivity index (χ1v) is 9.05. The van der Waals surface area contributed by atoms with Crippen molar-refractivity contribution in [2.75, 3.05) is 19.7 Å². The van der Waals surface area contributed by atoms with E-state index in [0.29, 0.717) is 12.1 Å². The molecule has 2 rings (SSSR count). The Labute approximate surface area is 153 Å². The first kappa shape index (κ1) is 20.0. The van der Waals surface area contributed by atoms with Crippen LogP contribution in [-0.4, -0.2) is 37.8 Å². The van der Waals surface area contributed by atoms with Crippen LogP contribution in [0.25, 0.3) is 0 Å². The van der Waals surface area contributed by atoms with E-state index in [2.05, 4.69) is 22.5 Å². The molecule has 0 saturated heterocycles. The maximum Gasteiger partial charge on any atom is 0.191 e. The van der Waals surface area contributed by atoms with Crippen LogP contribution < -0.4 is 10.6 Å². The van der Waals surface area contributed by atoms with E-state index in [1.54, 1.807) is 0 Å². The molecule has 0 amide bonds. The lowest BCUT2D eigenvalue weighted by Crippen LogP contribution is -2.42. The lowest BCUT2D eigenvalue weighted by atomic mass is 9.98. The highest BCUT2D eigenvalue weighted by molar-refractivity contribution is 14.0. The quantitative estimate of drug-likeness (QED) is 0.283. The molecule has 22 heavy (non-hydrogen) atoms. The third kappa shape index (κ3) is 7.99. The summed E-state index contributed by atoms with van der Waals surface area (Å²) in [5.74, 6) is 0.988. The van der Waals surface area contributed by atoms with Crippen LogP contribution in [0.4, 0.5) is 0 Å². The number of ether oxygens (including phenoxy) is 1. The molecule has 2 aliphatic rings. The molecule has 5 heteroatoms.